The van der Waals surface area contributed by atoms with Crippen molar-refractivity contribution >= 4 is 45.8 Å². The van der Waals surface area contributed by atoms with Gasteiger partial charge in [0.05, 0.1) is 11.4 Å². The summed E-state index contributed by atoms with van der Waals surface area (Å²) in [4.78, 5) is 22.2. The van der Waals surface area contributed by atoms with Crippen LogP contribution in [0.2, 0.25) is 0 Å². The van der Waals surface area contributed by atoms with E-state index in [-0.39, 0.29) is 18.7 Å². The van der Waals surface area contributed by atoms with Crippen molar-refractivity contribution in [3.8, 4) is 0 Å². The highest BCUT2D eigenvalue weighted by Gasteiger charge is 2.25. The topological polar surface area (TPSA) is 78.4 Å². The molecule has 1 aromatic carbocycles. The lowest BCUT2D eigenvalue weighted by atomic mass is 10.1. The van der Waals surface area contributed by atoms with Gasteiger partial charge >= 0.3 is 5.97 Å². The summed E-state index contributed by atoms with van der Waals surface area (Å²) in [5.41, 5.74) is 1.58. The number of aliphatic carboxylic acids is 1. The Labute approximate surface area is 112 Å². The zero-order valence-electron chi connectivity index (χ0n) is 8.87. The molecule has 1 aromatic rings. The van der Waals surface area contributed by atoms with Crippen molar-refractivity contribution in [2.24, 2.45) is 0 Å². The van der Waals surface area contributed by atoms with Gasteiger partial charge in [-0.2, -0.15) is 0 Å². The maximum Gasteiger partial charge on any atom is 0.303 e. The molecule has 0 aromatic heterocycles. The second kappa shape index (κ2) is 4.91. The van der Waals surface area contributed by atoms with Gasteiger partial charge in [-0.1, -0.05) is 0 Å². The van der Waals surface area contributed by atoms with Crippen LogP contribution in [0.25, 0.3) is 0 Å². The Morgan fingerprint density at radius 1 is 1.41 bits per heavy atom. The molecule has 6 heteroatoms. The monoisotopic (exact) mass is 346 g/mol. The van der Waals surface area contributed by atoms with E-state index in [9.17, 15) is 9.59 Å². The van der Waals surface area contributed by atoms with Gasteiger partial charge in [0.2, 0.25) is 5.91 Å². The molecule has 0 bridgehead atoms. The first kappa shape index (κ1) is 12.2. The van der Waals surface area contributed by atoms with E-state index >= 15 is 0 Å². The highest BCUT2D eigenvalue weighted by Crippen LogP contribution is 2.29. The first-order valence-electron chi connectivity index (χ1n) is 5.15. The van der Waals surface area contributed by atoms with Crippen molar-refractivity contribution in [2.45, 2.75) is 18.9 Å². The van der Waals surface area contributed by atoms with Crippen LogP contribution in [-0.2, 0) is 9.59 Å². The molecule has 90 valence electrons. The number of carboxylic acid groups (broad SMARTS) is 1. The Hall–Kier alpha value is -1.31. The number of nitrogens with one attached hydrogen (secondary N) is 2. The van der Waals surface area contributed by atoms with Crippen LogP contribution >= 0.6 is 22.6 Å². The molecule has 1 amide bonds. The predicted octanol–water partition coefficient (Wildman–Crippen LogP) is 1.89. The molecule has 5 nitrogen and oxygen atoms in total. The number of rotatable bonds is 3. The number of benzene rings is 1. The molecule has 3 N–H and O–H groups in total. The average molecular weight is 346 g/mol. The summed E-state index contributed by atoms with van der Waals surface area (Å²) in [6, 6.07) is 5.20. The number of halogens is 1. The number of fused-ring (bicyclic) bond motifs is 1. The maximum atomic E-state index is 11.7. The van der Waals surface area contributed by atoms with Gasteiger partial charge in [-0.25, -0.2) is 0 Å². The Morgan fingerprint density at radius 2 is 2.18 bits per heavy atom. The molecule has 1 unspecified atom stereocenters. The minimum absolute atomic E-state index is 0.0230. The van der Waals surface area contributed by atoms with Crippen molar-refractivity contribution in [3.05, 3.63) is 21.8 Å². The molecule has 0 saturated heterocycles. The number of carbonyl (C=O) groups excluding carboxylic acids is 1. The van der Waals surface area contributed by atoms with Gasteiger partial charge in [0.25, 0.3) is 0 Å². The normalized spacial score (nSPS) is 17.9. The Balaban J connectivity index is 2.13. The first-order valence-corrected chi connectivity index (χ1v) is 6.23. The quantitative estimate of drug-likeness (QED) is 0.731. The van der Waals surface area contributed by atoms with Crippen LogP contribution in [0.3, 0.4) is 0 Å². The molecular weight excluding hydrogens is 335 g/mol. The first-order chi connectivity index (χ1) is 8.06. The van der Waals surface area contributed by atoms with Crippen molar-refractivity contribution in [2.75, 3.05) is 10.6 Å². The van der Waals surface area contributed by atoms with Crippen LogP contribution in [0, 0.1) is 3.57 Å². The number of anilines is 2. The van der Waals surface area contributed by atoms with Gasteiger partial charge in [-0.3, -0.25) is 9.59 Å². The molecule has 1 heterocycles. The smallest absolute Gasteiger partial charge is 0.303 e. The van der Waals surface area contributed by atoms with E-state index in [1.807, 2.05) is 18.2 Å². The van der Waals surface area contributed by atoms with E-state index in [1.54, 1.807) is 0 Å². The van der Waals surface area contributed by atoms with Gasteiger partial charge < -0.3 is 15.7 Å². The zero-order valence-corrected chi connectivity index (χ0v) is 11.0. The fourth-order valence-electron chi connectivity index (χ4n) is 1.69. The van der Waals surface area contributed by atoms with Crippen molar-refractivity contribution in [3.63, 3.8) is 0 Å². The largest absolute Gasteiger partial charge is 0.481 e. The van der Waals surface area contributed by atoms with E-state index in [0.717, 1.165) is 14.9 Å². The van der Waals surface area contributed by atoms with Crippen LogP contribution in [0.4, 0.5) is 11.4 Å². The second-order valence-electron chi connectivity index (χ2n) is 3.81. The molecular formula is C11H11IN2O3. The molecule has 0 spiro atoms. The van der Waals surface area contributed by atoms with Gasteiger partial charge in [0.1, 0.15) is 6.04 Å². The SMILES string of the molecule is O=C(O)CCC1Nc2ccc(I)cc2NC1=O. The molecule has 0 fully saturated rings. The number of carbonyl (C=O) groups is 2. The van der Waals surface area contributed by atoms with Crippen LogP contribution in [0.1, 0.15) is 12.8 Å². The third kappa shape index (κ3) is 2.87. The molecule has 2 rings (SSSR count). The summed E-state index contributed by atoms with van der Waals surface area (Å²) < 4.78 is 1.03. The Morgan fingerprint density at radius 3 is 2.88 bits per heavy atom. The number of hydrogen-bond donors (Lipinski definition) is 3. The van der Waals surface area contributed by atoms with E-state index in [0.29, 0.717) is 0 Å². The van der Waals surface area contributed by atoms with Crippen LogP contribution in [0.5, 0.6) is 0 Å². The van der Waals surface area contributed by atoms with Gasteiger partial charge in [-0.15, -0.1) is 0 Å². The third-order valence-corrected chi connectivity index (χ3v) is 3.20. The predicted molar refractivity (Wildman–Crippen MR) is 72.1 cm³/mol. The van der Waals surface area contributed by atoms with Crippen molar-refractivity contribution < 1.29 is 14.7 Å². The third-order valence-electron chi connectivity index (χ3n) is 2.53. The van der Waals surface area contributed by atoms with Crippen LogP contribution < -0.4 is 10.6 Å². The summed E-state index contributed by atoms with van der Waals surface area (Å²) in [6.07, 6.45) is 0.261. The van der Waals surface area contributed by atoms with E-state index in [4.69, 9.17) is 5.11 Å². The number of hydrogen-bond acceptors (Lipinski definition) is 3. The van der Waals surface area contributed by atoms with Gasteiger partial charge in [-0.05, 0) is 47.2 Å². The summed E-state index contributed by atoms with van der Waals surface area (Å²) in [7, 11) is 0. The summed E-state index contributed by atoms with van der Waals surface area (Å²) in [6.45, 7) is 0. The lowest BCUT2D eigenvalue weighted by Gasteiger charge is -2.26. The van der Waals surface area contributed by atoms with E-state index < -0.39 is 12.0 Å². The number of amides is 1. The summed E-state index contributed by atoms with van der Waals surface area (Å²) in [5, 5.41) is 14.4. The highest BCUT2D eigenvalue weighted by molar-refractivity contribution is 14.1. The van der Waals surface area contributed by atoms with Crippen LogP contribution in [-0.4, -0.2) is 23.0 Å². The molecule has 0 radical (unpaired) electrons. The second-order valence-corrected chi connectivity index (χ2v) is 5.05. The molecule has 0 saturated carbocycles. The van der Waals surface area contributed by atoms with Gasteiger partial charge in [0.15, 0.2) is 0 Å². The molecule has 17 heavy (non-hydrogen) atoms. The number of carboxylic acids is 1. The van der Waals surface area contributed by atoms with Crippen molar-refractivity contribution in [1.29, 1.82) is 0 Å². The Bertz CT molecular complexity index is 476. The van der Waals surface area contributed by atoms with Gasteiger partial charge in [0, 0.05) is 9.99 Å². The highest BCUT2D eigenvalue weighted by atomic mass is 127. The van der Waals surface area contributed by atoms with Crippen LogP contribution in [0.15, 0.2) is 18.2 Å². The zero-order chi connectivity index (χ0) is 12.4. The summed E-state index contributed by atoms with van der Waals surface area (Å²) in [5.74, 6) is -1.08. The fraction of sp³-hybridized carbons (Fsp3) is 0.273. The average Bonchev–Trinajstić information content (AvgIpc) is 2.26. The molecule has 1 aliphatic heterocycles. The molecule has 1 aliphatic rings. The van der Waals surface area contributed by atoms with Crippen molar-refractivity contribution in [1.82, 2.24) is 0 Å². The summed E-state index contributed by atoms with van der Waals surface area (Å²) >= 11 is 2.17. The lowest BCUT2D eigenvalue weighted by Crippen LogP contribution is -2.39. The standard InChI is InChI=1S/C11H11IN2O3/c12-6-1-2-7-9(5-6)14-11(17)8(13-7)3-4-10(15)16/h1-2,5,8,13H,3-4H2,(H,14,17)(H,15,16). The molecule has 0 aliphatic carbocycles. The lowest BCUT2D eigenvalue weighted by molar-refractivity contribution is -0.137. The minimum Gasteiger partial charge on any atom is -0.481 e. The maximum absolute atomic E-state index is 11.7. The fourth-order valence-corrected chi connectivity index (χ4v) is 2.18. The minimum atomic E-state index is -0.895. The van der Waals surface area contributed by atoms with E-state index in [2.05, 4.69) is 33.2 Å². The van der Waals surface area contributed by atoms with E-state index in [1.165, 1.54) is 0 Å². The molecule has 1 atom stereocenters. The Kier molecular flexibility index (Phi) is 3.51.